The predicted molar refractivity (Wildman–Crippen MR) is 111 cm³/mol. The van der Waals surface area contributed by atoms with Gasteiger partial charge in [0, 0.05) is 0 Å². The number of unbranched alkanes of at least 4 members (excludes halogenated alkanes) is 1. The van der Waals surface area contributed by atoms with Gasteiger partial charge in [0.2, 0.25) is 5.91 Å². The lowest BCUT2D eigenvalue weighted by Gasteiger charge is -2.07. The summed E-state index contributed by atoms with van der Waals surface area (Å²) in [6, 6.07) is 15.9. The van der Waals surface area contributed by atoms with Crippen LogP contribution in [0.4, 0.5) is 5.13 Å². The Labute approximate surface area is 165 Å². The molecule has 4 nitrogen and oxygen atoms in total. The Morgan fingerprint density at radius 1 is 1.27 bits per heavy atom. The number of carbonyl (C=O) groups is 1. The summed E-state index contributed by atoms with van der Waals surface area (Å²) < 4.78 is 6.85. The van der Waals surface area contributed by atoms with Crippen LogP contribution in [0, 0.1) is 0 Å². The van der Waals surface area contributed by atoms with Gasteiger partial charge < -0.3 is 10.1 Å². The van der Waals surface area contributed by atoms with E-state index in [-0.39, 0.29) is 10.7 Å². The van der Waals surface area contributed by atoms with Gasteiger partial charge in [-0.05, 0) is 30.2 Å². The molecular formula is C20H21BrN2O2S. The topological polar surface area (TPSA) is 51.2 Å². The highest BCUT2D eigenvalue weighted by atomic mass is 79.9. The third-order valence-corrected chi connectivity index (χ3v) is 5.74. The Kier molecular flexibility index (Phi) is 6.63. The fourth-order valence-electron chi connectivity index (χ4n) is 2.49. The largest absolute Gasteiger partial charge is 0.489 e. The molecule has 1 amide bonds. The number of hydrogen-bond acceptors (Lipinski definition) is 4. The summed E-state index contributed by atoms with van der Waals surface area (Å²) in [6.45, 7) is 2.64. The van der Waals surface area contributed by atoms with Crippen molar-refractivity contribution in [2.75, 3.05) is 5.32 Å². The van der Waals surface area contributed by atoms with Crippen LogP contribution in [0.25, 0.3) is 10.2 Å². The molecule has 3 aromatic rings. The van der Waals surface area contributed by atoms with E-state index in [9.17, 15) is 4.79 Å². The molecular weight excluding hydrogens is 412 g/mol. The lowest BCUT2D eigenvalue weighted by Crippen LogP contribution is -2.22. The quantitative estimate of drug-likeness (QED) is 0.459. The Morgan fingerprint density at radius 2 is 2.08 bits per heavy atom. The van der Waals surface area contributed by atoms with Gasteiger partial charge in [0.15, 0.2) is 5.13 Å². The number of rotatable bonds is 8. The van der Waals surface area contributed by atoms with E-state index in [1.54, 1.807) is 0 Å². The van der Waals surface area contributed by atoms with Crippen molar-refractivity contribution in [3.05, 3.63) is 54.1 Å². The second kappa shape index (κ2) is 9.14. The van der Waals surface area contributed by atoms with Crippen LogP contribution in [0.3, 0.4) is 0 Å². The van der Waals surface area contributed by atoms with Gasteiger partial charge in [-0.3, -0.25) is 4.79 Å². The second-order valence-electron chi connectivity index (χ2n) is 6.02. The standard InChI is InChI=1S/C20H21BrN2O2S/c1-2-3-9-16(21)19(24)23-20-22-17-11-10-15(12-18(17)26-20)25-13-14-7-5-4-6-8-14/h4-8,10-12,16H,2-3,9,13H2,1H3,(H,22,23,24). The van der Waals surface area contributed by atoms with Gasteiger partial charge in [-0.1, -0.05) is 77.4 Å². The smallest absolute Gasteiger partial charge is 0.239 e. The Morgan fingerprint density at radius 3 is 2.85 bits per heavy atom. The number of anilines is 1. The maximum absolute atomic E-state index is 12.2. The van der Waals surface area contributed by atoms with Crippen molar-refractivity contribution >= 4 is 48.5 Å². The Bertz CT molecular complexity index is 867. The molecule has 0 spiro atoms. The SMILES string of the molecule is CCCCC(Br)C(=O)Nc1nc2ccc(OCc3ccccc3)cc2s1. The average Bonchev–Trinajstić information content (AvgIpc) is 3.06. The second-order valence-corrected chi connectivity index (χ2v) is 8.16. The van der Waals surface area contributed by atoms with Crippen LogP contribution >= 0.6 is 27.3 Å². The van der Waals surface area contributed by atoms with Crippen LogP contribution in [-0.2, 0) is 11.4 Å². The highest BCUT2D eigenvalue weighted by molar-refractivity contribution is 9.10. The molecule has 0 saturated heterocycles. The number of carbonyl (C=O) groups excluding carboxylic acids is 1. The van der Waals surface area contributed by atoms with Gasteiger partial charge in [0.05, 0.1) is 15.0 Å². The van der Waals surface area contributed by atoms with Gasteiger partial charge in [-0.15, -0.1) is 0 Å². The molecule has 1 N–H and O–H groups in total. The zero-order chi connectivity index (χ0) is 18.4. The molecule has 0 fully saturated rings. The summed E-state index contributed by atoms with van der Waals surface area (Å²) in [6.07, 6.45) is 2.91. The van der Waals surface area contributed by atoms with Crippen molar-refractivity contribution in [1.29, 1.82) is 0 Å². The van der Waals surface area contributed by atoms with Crippen LogP contribution in [-0.4, -0.2) is 15.7 Å². The summed E-state index contributed by atoms with van der Waals surface area (Å²) in [5, 5.41) is 3.51. The minimum absolute atomic E-state index is 0.0435. The number of hydrogen-bond donors (Lipinski definition) is 1. The van der Waals surface area contributed by atoms with Crippen molar-refractivity contribution < 1.29 is 9.53 Å². The molecule has 1 heterocycles. The highest BCUT2D eigenvalue weighted by Gasteiger charge is 2.16. The van der Waals surface area contributed by atoms with Crippen LogP contribution in [0.2, 0.25) is 0 Å². The summed E-state index contributed by atoms with van der Waals surface area (Å²) in [4.78, 5) is 16.5. The number of ether oxygens (including phenoxy) is 1. The molecule has 3 rings (SSSR count). The molecule has 0 saturated carbocycles. The van der Waals surface area contributed by atoms with Crippen molar-refractivity contribution in [3.8, 4) is 5.75 Å². The van der Waals surface area contributed by atoms with Gasteiger partial charge in [0.1, 0.15) is 12.4 Å². The minimum atomic E-state index is -0.181. The number of amides is 1. The van der Waals surface area contributed by atoms with E-state index in [0.29, 0.717) is 11.7 Å². The molecule has 0 radical (unpaired) electrons. The molecule has 1 unspecified atom stereocenters. The van der Waals surface area contributed by atoms with Crippen LogP contribution in [0.5, 0.6) is 5.75 Å². The first-order valence-corrected chi connectivity index (χ1v) is 10.4. The van der Waals surface area contributed by atoms with Crippen molar-refractivity contribution in [2.24, 2.45) is 0 Å². The van der Waals surface area contributed by atoms with Gasteiger partial charge >= 0.3 is 0 Å². The van der Waals surface area contributed by atoms with Crippen molar-refractivity contribution in [3.63, 3.8) is 0 Å². The lowest BCUT2D eigenvalue weighted by atomic mass is 10.2. The summed E-state index contributed by atoms with van der Waals surface area (Å²) >= 11 is 4.90. The fourth-order valence-corrected chi connectivity index (χ4v) is 3.82. The van der Waals surface area contributed by atoms with Crippen LogP contribution < -0.4 is 10.1 Å². The zero-order valence-electron chi connectivity index (χ0n) is 14.6. The molecule has 2 aromatic carbocycles. The molecule has 0 aliphatic heterocycles. The first-order chi connectivity index (χ1) is 12.7. The molecule has 6 heteroatoms. The normalized spacial score (nSPS) is 12.1. The number of halogens is 1. The maximum atomic E-state index is 12.2. The van der Waals surface area contributed by atoms with Crippen molar-refractivity contribution in [2.45, 2.75) is 37.6 Å². The minimum Gasteiger partial charge on any atom is -0.489 e. The average molecular weight is 433 g/mol. The van der Waals surface area contributed by atoms with E-state index in [1.165, 1.54) is 11.3 Å². The Balaban J connectivity index is 1.64. The number of thiazole rings is 1. The molecule has 0 aliphatic carbocycles. The first-order valence-electron chi connectivity index (χ1n) is 8.68. The number of nitrogens with one attached hydrogen (secondary N) is 1. The van der Waals surface area contributed by atoms with Crippen molar-refractivity contribution in [1.82, 2.24) is 4.98 Å². The zero-order valence-corrected chi connectivity index (χ0v) is 17.0. The summed E-state index contributed by atoms with van der Waals surface area (Å²) in [5.41, 5.74) is 1.98. The van der Waals surface area contributed by atoms with E-state index >= 15 is 0 Å². The lowest BCUT2D eigenvalue weighted by molar-refractivity contribution is -0.115. The molecule has 0 aliphatic rings. The number of alkyl halides is 1. The first kappa shape index (κ1) is 18.9. The van der Waals surface area contributed by atoms with E-state index in [2.05, 4.69) is 33.2 Å². The van der Waals surface area contributed by atoms with Gasteiger partial charge in [-0.25, -0.2) is 4.98 Å². The number of benzene rings is 2. The van der Waals surface area contributed by atoms with E-state index in [4.69, 9.17) is 4.74 Å². The van der Waals surface area contributed by atoms with E-state index < -0.39 is 0 Å². The predicted octanol–water partition coefficient (Wildman–Crippen LogP) is 5.77. The molecule has 1 atom stereocenters. The highest BCUT2D eigenvalue weighted by Crippen LogP contribution is 2.30. The summed E-state index contributed by atoms with van der Waals surface area (Å²) in [5.74, 6) is 0.752. The van der Waals surface area contributed by atoms with Crippen LogP contribution in [0.15, 0.2) is 48.5 Å². The fraction of sp³-hybridized carbons (Fsp3) is 0.300. The monoisotopic (exact) mass is 432 g/mol. The molecule has 0 bridgehead atoms. The summed E-state index contributed by atoms with van der Waals surface area (Å²) in [7, 11) is 0. The number of fused-ring (bicyclic) bond motifs is 1. The van der Waals surface area contributed by atoms with E-state index in [1.807, 2.05) is 48.5 Å². The van der Waals surface area contributed by atoms with Gasteiger partial charge in [0.25, 0.3) is 0 Å². The van der Waals surface area contributed by atoms with Gasteiger partial charge in [-0.2, -0.15) is 0 Å². The molecule has 26 heavy (non-hydrogen) atoms. The molecule has 136 valence electrons. The third-order valence-electron chi connectivity index (χ3n) is 3.93. The number of nitrogens with zero attached hydrogens (tertiary/aromatic N) is 1. The van der Waals surface area contributed by atoms with E-state index in [0.717, 1.165) is 40.8 Å². The Hall–Kier alpha value is -1.92. The third kappa shape index (κ3) is 5.05. The molecule has 1 aromatic heterocycles. The maximum Gasteiger partial charge on any atom is 0.239 e. The van der Waals surface area contributed by atoms with Crippen LogP contribution in [0.1, 0.15) is 31.7 Å². The number of aromatic nitrogens is 1.